The van der Waals surface area contributed by atoms with Gasteiger partial charge in [0.05, 0.1) is 12.3 Å². The Morgan fingerprint density at radius 3 is 2.84 bits per heavy atom. The van der Waals surface area contributed by atoms with Crippen molar-refractivity contribution < 1.29 is 9.84 Å². The first-order valence-electron chi connectivity index (χ1n) is 9.43. The second-order valence-corrected chi connectivity index (χ2v) is 7.20. The number of nitrogens with zero attached hydrogens (tertiary/aromatic N) is 3. The summed E-state index contributed by atoms with van der Waals surface area (Å²) in [6, 6.07) is 8.29. The molecule has 1 saturated carbocycles. The Morgan fingerprint density at radius 1 is 1.16 bits per heavy atom. The van der Waals surface area contributed by atoms with Gasteiger partial charge in [0.25, 0.3) is 0 Å². The van der Waals surface area contributed by atoms with Crippen LogP contribution in [0.4, 0.5) is 0 Å². The third-order valence-corrected chi connectivity index (χ3v) is 5.53. The number of benzene rings is 1. The number of phenolic OH excluding ortho intramolecular Hbond substituents is 1. The number of ether oxygens (including phenoxy) is 1. The van der Waals surface area contributed by atoms with E-state index in [-0.39, 0.29) is 0 Å². The highest BCUT2D eigenvalue weighted by Gasteiger charge is 2.24. The maximum atomic E-state index is 10.2. The highest BCUT2D eigenvalue weighted by Crippen LogP contribution is 2.28. The highest BCUT2D eigenvalue weighted by atomic mass is 16.5. The van der Waals surface area contributed by atoms with Gasteiger partial charge in [-0.05, 0) is 18.9 Å². The van der Waals surface area contributed by atoms with Gasteiger partial charge in [-0.15, -0.1) is 0 Å². The van der Waals surface area contributed by atoms with Gasteiger partial charge < -0.3 is 14.4 Å². The zero-order valence-corrected chi connectivity index (χ0v) is 14.7. The standard InChI is InChI=1S/C20H27N3O2/c24-19-9-5-4-6-16(19)13-22(17-7-2-1-3-8-17)14-18-12-21-20-15-25-11-10-23(18)20/h4-6,9,12,17,24H,1-3,7-8,10-11,13-15H2. The fraction of sp³-hybridized carbons (Fsp3) is 0.550. The number of aromatic hydroxyl groups is 1. The smallest absolute Gasteiger partial charge is 0.135 e. The van der Waals surface area contributed by atoms with Crippen molar-refractivity contribution in [2.24, 2.45) is 0 Å². The number of imidazole rings is 1. The van der Waals surface area contributed by atoms with Crippen LogP contribution < -0.4 is 0 Å². The molecule has 134 valence electrons. The van der Waals surface area contributed by atoms with Crippen LogP contribution in [0.1, 0.15) is 49.2 Å². The second kappa shape index (κ2) is 7.58. The predicted molar refractivity (Wildman–Crippen MR) is 96.1 cm³/mol. The molecule has 1 aliphatic carbocycles. The maximum absolute atomic E-state index is 10.2. The minimum atomic E-state index is 0.395. The summed E-state index contributed by atoms with van der Waals surface area (Å²) in [4.78, 5) is 7.08. The van der Waals surface area contributed by atoms with Crippen LogP contribution in [-0.4, -0.2) is 32.2 Å². The quantitative estimate of drug-likeness (QED) is 0.905. The molecule has 5 nitrogen and oxygen atoms in total. The van der Waals surface area contributed by atoms with Crippen LogP contribution in [0.3, 0.4) is 0 Å². The first-order chi connectivity index (χ1) is 12.3. The zero-order chi connectivity index (χ0) is 17.1. The van der Waals surface area contributed by atoms with Crippen molar-refractivity contribution in [2.75, 3.05) is 6.61 Å². The molecule has 1 aromatic carbocycles. The minimum absolute atomic E-state index is 0.395. The van der Waals surface area contributed by atoms with Gasteiger partial charge in [-0.3, -0.25) is 4.90 Å². The average Bonchev–Trinajstić information content (AvgIpc) is 3.07. The molecule has 0 saturated heterocycles. The van der Waals surface area contributed by atoms with Gasteiger partial charge in [-0.1, -0.05) is 37.5 Å². The summed E-state index contributed by atoms with van der Waals surface area (Å²) in [5, 5.41) is 10.2. The van der Waals surface area contributed by atoms with Crippen molar-refractivity contribution >= 4 is 0 Å². The minimum Gasteiger partial charge on any atom is -0.508 e. The van der Waals surface area contributed by atoms with Crippen LogP contribution in [0, 0.1) is 0 Å². The third-order valence-electron chi connectivity index (χ3n) is 5.53. The molecule has 2 aromatic rings. The van der Waals surface area contributed by atoms with Gasteiger partial charge in [0.15, 0.2) is 0 Å². The van der Waals surface area contributed by atoms with Gasteiger partial charge in [-0.2, -0.15) is 0 Å². The summed E-state index contributed by atoms with van der Waals surface area (Å²) >= 11 is 0. The lowest BCUT2D eigenvalue weighted by molar-refractivity contribution is 0.0776. The lowest BCUT2D eigenvalue weighted by atomic mass is 9.93. The normalized spacial score (nSPS) is 18.4. The van der Waals surface area contributed by atoms with E-state index in [9.17, 15) is 5.11 Å². The van der Waals surface area contributed by atoms with E-state index in [1.165, 1.54) is 37.8 Å². The Hall–Kier alpha value is -1.85. The lowest BCUT2D eigenvalue weighted by Crippen LogP contribution is -2.36. The van der Waals surface area contributed by atoms with Gasteiger partial charge in [0.2, 0.25) is 0 Å². The topological polar surface area (TPSA) is 50.5 Å². The molecule has 4 rings (SSSR count). The molecule has 0 bridgehead atoms. The van der Waals surface area contributed by atoms with E-state index in [2.05, 4.69) is 14.5 Å². The fourth-order valence-electron chi connectivity index (χ4n) is 4.12. The van der Waals surface area contributed by atoms with Crippen molar-refractivity contribution in [3.05, 3.63) is 47.5 Å². The first kappa shape index (κ1) is 16.6. The Balaban J connectivity index is 1.56. The van der Waals surface area contributed by atoms with Gasteiger partial charge in [-0.25, -0.2) is 4.98 Å². The van der Waals surface area contributed by atoms with Crippen molar-refractivity contribution in [3.63, 3.8) is 0 Å². The largest absolute Gasteiger partial charge is 0.508 e. The van der Waals surface area contributed by atoms with Crippen molar-refractivity contribution in [1.29, 1.82) is 0 Å². The van der Waals surface area contributed by atoms with Crippen molar-refractivity contribution in [3.8, 4) is 5.75 Å². The molecule has 0 spiro atoms. The molecule has 5 heteroatoms. The number of fused-ring (bicyclic) bond motifs is 1. The van der Waals surface area contributed by atoms with Crippen LogP contribution in [0.25, 0.3) is 0 Å². The van der Waals surface area contributed by atoms with E-state index in [1.54, 1.807) is 6.07 Å². The van der Waals surface area contributed by atoms with Crippen LogP contribution >= 0.6 is 0 Å². The number of rotatable bonds is 5. The Morgan fingerprint density at radius 2 is 2.00 bits per heavy atom. The molecule has 0 radical (unpaired) electrons. The number of hydrogen-bond acceptors (Lipinski definition) is 4. The molecule has 0 amide bonds. The number of para-hydroxylation sites is 1. The first-order valence-corrected chi connectivity index (χ1v) is 9.43. The summed E-state index contributed by atoms with van der Waals surface area (Å²) in [7, 11) is 0. The van der Waals surface area contributed by atoms with Gasteiger partial charge in [0, 0.05) is 37.4 Å². The van der Waals surface area contributed by atoms with Crippen molar-refractivity contribution in [1.82, 2.24) is 14.5 Å². The van der Waals surface area contributed by atoms with E-state index in [4.69, 9.17) is 4.74 Å². The molecule has 1 N–H and O–H groups in total. The summed E-state index contributed by atoms with van der Waals surface area (Å²) in [5.74, 6) is 1.43. The molecular formula is C20H27N3O2. The summed E-state index contributed by atoms with van der Waals surface area (Å²) < 4.78 is 7.82. The Kier molecular flexibility index (Phi) is 5.04. The summed E-state index contributed by atoms with van der Waals surface area (Å²) in [6.07, 6.45) is 8.46. The molecule has 2 aliphatic rings. The van der Waals surface area contributed by atoms with E-state index >= 15 is 0 Å². The van der Waals surface area contributed by atoms with Crippen LogP contribution in [0.5, 0.6) is 5.75 Å². The molecule has 1 fully saturated rings. The SMILES string of the molecule is Oc1ccccc1CN(Cc1cnc2n1CCOC2)C1CCCCC1. The zero-order valence-electron chi connectivity index (χ0n) is 14.7. The Labute approximate surface area is 149 Å². The van der Waals surface area contributed by atoms with Crippen LogP contribution in [-0.2, 0) is 31.0 Å². The molecule has 0 unspecified atom stereocenters. The molecular weight excluding hydrogens is 314 g/mol. The van der Waals surface area contributed by atoms with E-state index < -0.39 is 0 Å². The number of aromatic nitrogens is 2. The van der Waals surface area contributed by atoms with E-state index in [1.807, 2.05) is 24.4 Å². The maximum Gasteiger partial charge on any atom is 0.135 e. The number of phenols is 1. The highest BCUT2D eigenvalue weighted by molar-refractivity contribution is 5.31. The summed E-state index contributed by atoms with van der Waals surface area (Å²) in [5.41, 5.74) is 2.27. The summed E-state index contributed by atoms with van der Waals surface area (Å²) in [6.45, 7) is 3.93. The monoisotopic (exact) mass is 341 g/mol. The molecule has 25 heavy (non-hydrogen) atoms. The third kappa shape index (κ3) is 3.72. The van der Waals surface area contributed by atoms with Crippen LogP contribution in [0.15, 0.2) is 30.5 Å². The van der Waals surface area contributed by atoms with Crippen LogP contribution in [0.2, 0.25) is 0 Å². The predicted octanol–water partition coefficient (Wildman–Crippen LogP) is 3.45. The Bertz CT molecular complexity index is 707. The molecule has 2 heterocycles. The van der Waals surface area contributed by atoms with Gasteiger partial charge >= 0.3 is 0 Å². The molecule has 0 atom stereocenters. The van der Waals surface area contributed by atoms with E-state index in [0.29, 0.717) is 18.4 Å². The molecule has 1 aliphatic heterocycles. The lowest BCUT2D eigenvalue weighted by Gasteiger charge is -2.35. The van der Waals surface area contributed by atoms with Crippen molar-refractivity contribution in [2.45, 2.75) is 64.4 Å². The average molecular weight is 341 g/mol. The molecule has 1 aromatic heterocycles. The number of hydrogen-bond donors (Lipinski definition) is 1. The van der Waals surface area contributed by atoms with Gasteiger partial charge in [0.1, 0.15) is 18.2 Å². The fourth-order valence-corrected chi connectivity index (χ4v) is 4.12. The van der Waals surface area contributed by atoms with E-state index in [0.717, 1.165) is 37.6 Å². The second-order valence-electron chi connectivity index (χ2n) is 7.20.